The van der Waals surface area contributed by atoms with Crippen molar-refractivity contribution in [2.75, 3.05) is 6.54 Å². The molecular formula is C15H23BrN4S. The number of aryl methyl sites for hydroxylation is 1. The minimum Gasteiger partial charge on any atom is -0.309 e. The molecule has 116 valence electrons. The molecule has 4 nitrogen and oxygen atoms in total. The van der Waals surface area contributed by atoms with Crippen molar-refractivity contribution in [3.8, 4) is 0 Å². The predicted molar refractivity (Wildman–Crippen MR) is 91.7 cm³/mol. The smallest absolute Gasteiger partial charge is 0.138 e. The summed E-state index contributed by atoms with van der Waals surface area (Å²) in [5.41, 5.74) is 1.29. The van der Waals surface area contributed by atoms with E-state index in [4.69, 9.17) is 0 Å². The Morgan fingerprint density at radius 2 is 2.19 bits per heavy atom. The summed E-state index contributed by atoms with van der Waals surface area (Å²) in [6.45, 7) is 10.5. The molecule has 2 aromatic rings. The molecule has 21 heavy (non-hydrogen) atoms. The number of hydrogen-bond donors (Lipinski definition) is 1. The van der Waals surface area contributed by atoms with Crippen molar-refractivity contribution in [3.05, 3.63) is 32.4 Å². The largest absolute Gasteiger partial charge is 0.309 e. The highest BCUT2D eigenvalue weighted by molar-refractivity contribution is 9.11. The van der Waals surface area contributed by atoms with Crippen LogP contribution < -0.4 is 5.32 Å². The first kappa shape index (κ1) is 16.6. The summed E-state index contributed by atoms with van der Waals surface area (Å²) in [6, 6.07) is 2.55. The summed E-state index contributed by atoms with van der Waals surface area (Å²) in [7, 11) is 0. The average Bonchev–Trinajstić information content (AvgIpc) is 2.96. The molecule has 2 aromatic heterocycles. The molecule has 0 saturated carbocycles. The fraction of sp³-hybridized carbons (Fsp3) is 0.600. The number of rotatable bonds is 7. The molecule has 0 bridgehead atoms. The first-order valence-corrected chi connectivity index (χ1v) is 8.98. The summed E-state index contributed by atoms with van der Waals surface area (Å²) >= 11 is 5.42. The normalized spacial score (nSPS) is 13.0. The van der Waals surface area contributed by atoms with Crippen molar-refractivity contribution in [2.45, 2.75) is 46.7 Å². The molecule has 0 fully saturated rings. The highest BCUT2D eigenvalue weighted by Crippen LogP contribution is 2.32. The molecule has 1 unspecified atom stereocenters. The van der Waals surface area contributed by atoms with Gasteiger partial charge in [-0.15, -0.1) is 11.3 Å². The van der Waals surface area contributed by atoms with E-state index >= 15 is 0 Å². The molecule has 1 N–H and O–H groups in total. The van der Waals surface area contributed by atoms with E-state index in [-0.39, 0.29) is 0 Å². The van der Waals surface area contributed by atoms with Crippen LogP contribution in [0.25, 0.3) is 0 Å². The lowest BCUT2D eigenvalue weighted by Crippen LogP contribution is -2.24. The molecular weight excluding hydrogens is 348 g/mol. The van der Waals surface area contributed by atoms with Crippen LogP contribution in [0.2, 0.25) is 0 Å². The van der Waals surface area contributed by atoms with Gasteiger partial charge < -0.3 is 5.32 Å². The van der Waals surface area contributed by atoms with Gasteiger partial charge in [-0.25, -0.2) is 9.67 Å². The predicted octanol–water partition coefficient (Wildman–Crippen LogP) is 3.96. The molecule has 0 aliphatic rings. The van der Waals surface area contributed by atoms with Crippen LogP contribution in [0.5, 0.6) is 0 Å². The van der Waals surface area contributed by atoms with Crippen LogP contribution in [0.1, 0.15) is 43.1 Å². The summed E-state index contributed by atoms with van der Waals surface area (Å²) in [6.07, 6.45) is 2.53. The summed E-state index contributed by atoms with van der Waals surface area (Å²) < 4.78 is 3.24. The van der Waals surface area contributed by atoms with Crippen LogP contribution in [0.15, 0.2) is 16.2 Å². The highest BCUT2D eigenvalue weighted by atomic mass is 79.9. The second-order valence-electron chi connectivity index (χ2n) is 5.67. The van der Waals surface area contributed by atoms with E-state index in [0.29, 0.717) is 12.0 Å². The average molecular weight is 371 g/mol. The van der Waals surface area contributed by atoms with E-state index in [1.165, 1.54) is 14.2 Å². The van der Waals surface area contributed by atoms with Crippen molar-refractivity contribution in [1.82, 2.24) is 20.1 Å². The van der Waals surface area contributed by atoms with E-state index in [2.05, 4.69) is 65.1 Å². The van der Waals surface area contributed by atoms with E-state index in [9.17, 15) is 0 Å². The quantitative estimate of drug-likeness (QED) is 0.801. The van der Waals surface area contributed by atoms with Crippen molar-refractivity contribution in [3.63, 3.8) is 0 Å². The topological polar surface area (TPSA) is 42.7 Å². The maximum Gasteiger partial charge on any atom is 0.138 e. The number of likely N-dealkylation sites (N-methyl/N-ethyl adjacent to an activating group) is 1. The Morgan fingerprint density at radius 3 is 2.76 bits per heavy atom. The van der Waals surface area contributed by atoms with Crippen LogP contribution in [0.4, 0.5) is 0 Å². The minimum absolute atomic E-state index is 0.292. The van der Waals surface area contributed by atoms with E-state index < -0.39 is 0 Å². The number of aromatic nitrogens is 3. The number of halogens is 1. The van der Waals surface area contributed by atoms with Gasteiger partial charge in [0.25, 0.3) is 0 Å². The fourth-order valence-electron chi connectivity index (χ4n) is 2.30. The van der Waals surface area contributed by atoms with Gasteiger partial charge >= 0.3 is 0 Å². The Kier molecular flexibility index (Phi) is 5.96. The SMILES string of the molecule is CCNC(Cc1ncnn1CC(C)C)c1cc(C)c(Br)s1. The summed E-state index contributed by atoms with van der Waals surface area (Å²) in [4.78, 5) is 5.80. The van der Waals surface area contributed by atoms with Gasteiger partial charge in [-0.05, 0) is 46.9 Å². The minimum atomic E-state index is 0.292. The van der Waals surface area contributed by atoms with Gasteiger partial charge in [0.15, 0.2) is 0 Å². The summed E-state index contributed by atoms with van der Waals surface area (Å²) in [5, 5.41) is 7.92. The third-order valence-electron chi connectivity index (χ3n) is 3.29. The molecule has 6 heteroatoms. The van der Waals surface area contributed by atoms with Crippen molar-refractivity contribution in [1.29, 1.82) is 0 Å². The third kappa shape index (κ3) is 4.37. The maximum absolute atomic E-state index is 4.45. The number of thiophene rings is 1. The highest BCUT2D eigenvalue weighted by Gasteiger charge is 2.18. The zero-order chi connectivity index (χ0) is 15.4. The van der Waals surface area contributed by atoms with Gasteiger partial charge in [0, 0.05) is 23.9 Å². The lowest BCUT2D eigenvalue weighted by molar-refractivity contribution is 0.448. The van der Waals surface area contributed by atoms with Gasteiger partial charge in [-0.2, -0.15) is 5.10 Å². The lowest BCUT2D eigenvalue weighted by Gasteiger charge is -2.17. The van der Waals surface area contributed by atoms with Crippen LogP contribution in [0, 0.1) is 12.8 Å². The van der Waals surface area contributed by atoms with Gasteiger partial charge in [-0.3, -0.25) is 0 Å². The van der Waals surface area contributed by atoms with E-state index in [0.717, 1.165) is 25.3 Å². The molecule has 2 rings (SSSR count). The second-order valence-corrected chi connectivity index (χ2v) is 8.07. The molecule has 0 amide bonds. The number of hydrogen-bond acceptors (Lipinski definition) is 4. The van der Waals surface area contributed by atoms with Crippen molar-refractivity contribution >= 4 is 27.3 Å². The molecule has 0 aromatic carbocycles. The Bertz CT molecular complexity index is 556. The Hall–Kier alpha value is -0.720. The first-order valence-electron chi connectivity index (χ1n) is 7.37. The van der Waals surface area contributed by atoms with Gasteiger partial charge in [0.05, 0.1) is 3.79 Å². The first-order chi connectivity index (χ1) is 10.0. The fourth-order valence-corrected chi connectivity index (χ4v) is 3.95. The number of nitrogens with one attached hydrogen (secondary N) is 1. The molecule has 0 aliphatic heterocycles. The Balaban J connectivity index is 2.18. The molecule has 0 saturated heterocycles. The van der Waals surface area contributed by atoms with E-state index in [1.54, 1.807) is 17.7 Å². The standard InChI is InChI=1S/C15H23BrN4S/c1-5-17-12(13-6-11(4)15(16)21-13)7-14-18-9-19-20(14)8-10(2)3/h6,9-10,12,17H,5,7-8H2,1-4H3. The molecule has 0 aliphatic carbocycles. The second kappa shape index (κ2) is 7.51. The molecule has 0 radical (unpaired) electrons. The van der Waals surface area contributed by atoms with Crippen LogP contribution in [-0.2, 0) is 13.0 Å². The van der Waals surface area contributed by atoms with Gasteiger partial charge in [0.1, 0.15) is 12.2 Å². The van der Waals surface area contributed by atoms with Gasteiger partial charge in [-0.1, -0.05) is 20.8 Å². The third-order valence-corrected chi connectivity index (χ3v) is 5.54. The van der Waals surface area contributed by atoms with Crippen molar-refractivity contribution < 1.29 is 0 Å². The zero-order valence-corrected chi connectivity index (χ0v) is 15.5. The molecule has 0 spiro atoms. The Labute approximate surface area is 139 Å². The van der Waals surface area contributed by atoms with Gasteiger partial charge in [0.2, 0.25) is 0 Å². The molecule has 1 atom stereocenters. The lowest BCUT2D eigenvalue weighted by atomic mass is 10.1. The molecule has 2 heterocycles. The van der Waals surface area contributed by atoms with Crippen LogP contribution >= 0.6 is 27.3 Å². The van der Waals surface area contributed by atoms with Crippen molar-refractivity contribution in [2.24, 2.45) is 5.92 Å². The van der Waals surface area contributed by atoms with Crippen LogP contribution in [0.3, 0.4) is 0 Å². The Morgan fingerprint density at radius 1 is 1.43 bits per heavy atom. The maximum atomic E-state index is 4.45. The number of nitrogens with zero attached hydrogens (tertiary/aromatic N) is 3. The van der Waals surface area contributed by atoms with E-state index in [1.807, 2.05) is 4.68 Å². The monoisotopic (exact) mass is 370 g/mol. The zero-order valence-electron chi connectivity index (χ0n) is 13.1. The summed E-state index contributed by atoms with van der Waals surface area (Å²) in [5.74, 6) is 1.62. The van der Waals surface area contributed by atoms with Crippen LogP contribution in [-0.4, -0.2) is 21.3 Å².